The van der Waals surface area contributed by atoms with Crippen LogP contribution in [0.4, 0.5) is 0 Å². The first kappa shape index (κ1) is 12.6. The van der Waals surface area contributed by atoms with E-state index in [4.69, 9.17) is 11.6 Å². The molecule has 0 spiro atoms. The number of pyridine rings is 1. The maximum absolute atomic E-state index is 12.3. The van der Waals surface area contributed by atoms with E-state index in [1.807, 2.05) is 10.7 Å². The molecule has 7 heteroatoms. The second kappa shape index (κ2) is 4.61. The third kappa shape index (κ3) is 2.37. The molecule has 19 heavy (non-hydrogen) atoms. The molecule has 0 aliphatic carbocycles. The molecular formula is C12H12ClN3O2S. The maximum atomic E-state index is 12.3. The Morgan fingerprint density at radius 1 is 1.42 bits per heavy atom. The molecule has 1 aliphatic rings. The molecule has 0 atom stereocenters. The summed E-state index contributed by atoms with van der Waals surface area (Å²) >= 11 is 5.88. The molecule has 3 heterocycles. The summed E-state index contributed by atoms with van der Waals surface area (Å²) in [6.07, 6.45) is 3.45. The fourth-order valence-corrected chi connectivity index (χ4v) is 3.98. The van der Waals surface area contributed by atoms with Gasteiger partial charge in [-0.25, -0.2) is 13.4 Å². The number of aryl methyl sites for hydroxylation is 2. The molecule has 0 fully saturated rings. The largest absolute Gasteiger partial charge is 0.269 e. The van der Waals surface area contributed by atoms with Crippen LogP contribution in [0.2, 0.25) is 5.02 Å². The first-order chi connectivity index (χ1) is 9.06. The highest BCUT2D eigenvalue weighted by Gasteiger charge is 2.23. The van der Waals surface area contributed by atoms with Crippen molar-refractivity contribution in [1.29, 1.82) is 0 Å². The van der Waals surface area contributed by atoms with Crippen molar-refractivity contribution in [2.24, 2.45) is 0 Å². The van der Waals surface area contributed by atoms with Crippen LogP contribution in [0.1, 0.15) is 17.8 Å². The van der Waals surface area contributed by atoms with Crippen LogP contribution < -0.4 is 0 Å². The van der Waals surface area contributed by atoms with E-state index in [0.29, 0.717) is 5.69 Å². The zero-order chi connectivity index (χ0) is 13.5. The minimum absolute atomic E-state index is 0.0789. The van der Waals surface area contributed by atoms with E-state index in [0.717, 1.165) is 25.1 Å². The minimum Gasteiger partial charge on any atom is -0.269 e. The molecule has 5 nitrogen and oxygen atoms in total. The van der Waals surface area contributed by atoms with Crippen LogP contribution in [0.3, 0.4) is 0 Å². The number of hydrogen-bond donors (Lipinski definition) is 0. The Hall–Kier alpha value is -1.40. The number of hydrogen-bond acceptors (Lipinski definition) is 4. The van der Waals surface area contributed by atoms with Gasteiger partial charge in [-0.2, -0.15) is 5.10 Å². The molecule has 2 aromatic rings. The van der Waals surface area contributed by atoms with Gasteiger partial charge in [0.2, 0.25) is 9.84 Å². The Morgan fingerprint density at radius 2 is 2.26 bits per heavy atom. The lowest BCUT2D eigenvalue weighted by Crippen LogP contribution is -2.08. The summed E-state index contributed by atoms with van der Waals surface area (Å²) in [5.41, 5.74) is 1.65. The van der Waals surface area contributed by atoms with Crippen molar-refractivity contribution in [1.82, 2.24) is 14.8 Å². The summed E-state index contributed by atoms with van der Waals surface area (Å²) in [7, 11) is -3.55. The van der Waals surface area contributed by atoms with E-state index < -0.39 is 9.84 Å². The molecule has 3 rings (SSSR count). The Bertz CT molecular complexity index is 703. The quantitative estimate of drug-likeness (QED) is 0.867. The fraction of sp³-hybridized carbons (Fsp3) is 0.333. The van der Waals surface area contributed by atoms with Crippen LogP contribution >= 0.6 is 11.6 Å². The summed E-state index contributed by atoms with van der Waals surface area (Å²) in [6, 6.07) is 4.97. The number of nitrogens with zero attached hydrogens (tertiary/aromatic N) is 3. The third-order valence-electron chi connectivity index (χ3n) is 3.07. The van der Waals surface area contributed by atoms with Gasteiger partial charge in [0, 0.05) is 18.4 Å². The molecular weight excluding hydrogens is 286 g/mol. The first-order valence-electron chi connectivity index (χ1n) is 5.95. The second-order valence-corrected chi connectivity index (χ2v) is 6.82. The highest BCUT2D eigenvalue weighted by molar-refractivity contribution is 7.90. The predicted octanol–water partition coefficient (Wildman–Crippen LogP) is 1.85. The smallest absolute Gasteiger partial charge is 0.202 e. The molecule has 0 saturated carbocycles. The van der Waals surface area contributed by atoms with Gasteiger partial charge in [-0.3, -0.25) is 4.68 Å². The van der Waals surface area contributed by atoms with E-state index in [-0.39, 0.29) is 15.8 Å². The maximum Gasteiger partial charge on any atom is 0.202 e. The molecule has 0 amide bonds. The van der Waals surface area contributed by atoms with E-state index in [2.05, 4.69) is 10.1 Å². The standard InChI is InChI=1S/C12H12ClN3O2S/c13-11-4-1-5-14-12(11)19(17,18)8-9-7-10-3-2-6-16(10)15-9/h1,4-5,7H,2-3,6,8H2. The number of halogens is 1. The lowest BCUT2D eigenvalue weighted by Gasteiger charge is -2.03. The van der Waals surface area contributed by atoms with Crippen molar-refractivity contribution in [3.63, 3.8) is 0 Å². The second-order valence-electron chi connectivity index (χ2n) is 4.50. The topological polar surface area (TPSA) is 64.8 Å². The monoisotopic (exact) mass is 297 g/mol. The van der Waals surface area contributed by atoms with Gasteiger partial charge < -0.3 is 0 Å². The van der Waals surface area contributed by atoms with Crippen LogP contribution in [0.5, 0.6) is 0 Å². The Labute approximate surface area is 116 Å². The van der Waals surface area contributed by atoms with Gasteiger partial charge in [-0.05, 0) is 31.0 Å². The molecule has 100 valence electrons. The highest BCUT2D eigenvalue weighted by Crippen LogP contribution is 2.23. The summed E-state index contributed by atoms with van der Waals surface area (Å²) in [5, 5.41) is 4.37. The summed E-state index contributed by atoms with van der Waals surface area (Å²) in [4.78, 5) is 3.86. The van der Waals surface area contributed by atoms with Crippen molar-refractivity contribution in [2.75, 3.05) is 0 Å². The van der Waals surface area contributed by atoms with Crippen LogP contribution in [0.25, 0.3) is 0 Å². The number of rotatable bonds is 3. The highest BCUT2D eigenvalue weighted by atomic mass is 35.5. The molecule has 0 saturated heterocycles. The molecule has 0 N–H and O–H groups in total. The SMILES string of the molecule is O=S(=O)(Cc1cc2n(n1)CCC2)c1ncccc1Cl. The lowest BCUT2D eigenvalue weighted by molar-refractivity contribution is 0.589. The van der Waals surface area contributed by atoms with Crippen LogP contribution in [0.15, 0.2) is 29.4 Å². The van der Waals surface area contributed by atoms with Crippen molar-refractivity contribution >= 4 is 21.4 Å². The van der Waals surface area contributed by atoms with Gasteiger partial charge in [0.1, 0.15) is 5.75 Å². The Balaban J connectivity index is 1.91. The van der Waals surface area contributed by atoms with Gasteiger partial charge in [0.25, 0.3) is 0 Å². The normalized spacial score (nSPS) is 14.6. The Morgan fingerprint density at radius 3 is 3.00 bits per heavy atom. The number of sulfone groups is 1. The molecule has 1 aliphatic heterocycles. The third-order valence-corrected chi connectivity index (χ3v) is 5.08. The lowest BCUT2D eigenvalue weighted by atomic mass is 10.3. The van der Waals surface area contributed by atoms with Gasteiger partial charge >= 0.3 is 0 Å². The van der Waals surface area contributed by atoms with Gasteiger partial charge in [-0.15, -0.1) is 0 Å². The summed E-state index contributed by atoms with van der Waals surface area (Å²) in [6.45, 7) is 0.861. The van der Waals surface area contributed by atoms with Crippen molar-refractivity contribution < 1.29 is 8.42 Å². The fourth-order valence-electron chi connectivity index (χ4n) is 2.25. The van der Waals surface area contributed by atoms with Crippen LogP contribution in [0, 0.1) is 0 Å². The van der Waals surface area contributed by atoms with E-state index in [9.17, 15) is 8.42 Å². The van der Waals surface area contributed by atoms with Crippen LogP contribution in [-0.4, -0.2) is 23.2 Å². The van der Waals surface area contributed by atoms with E-state index >= 15 is 0 Å². The van der Waals surface area contributed by atoms with Crippen molar-refractivity contribution in [3.05, 3.63) is 40.8 Å². The molecule has 0 aromatic carbocycles. The minimum atomic E-state index is -3.55. The summed E-state index contributed by atoms with van der Waals surface area (Å²) < 4.78 is 26.4. The van der Waals surface area contributed by atoms with E-state index in [1.54, 1.807) is 6.07 Å². The molecule has 0 radical (unpaired) electrons. The average molecular weight is 298 g/mol. The first-order valence-corrected chi connectivity index (χ1v) is 7.98. The van der Waals surface area contributed by atoms with Gasteiger partial charge in [0.05, 0.1) is 10.7 Å². The zero-order valence-corrected chi connectivity index (χ0v) is 11.7. The van der Waals surface area contributed by atoms with E-state index in [1.165, 1.54) is 12.3 Å². The van der Waals surface area contributed by atoms with Crippen molar-refractivity contribution in [3.8, 4) is 0 Å². The van der Waals surface area contributed by atoms with Gasteiger partial charge in [0.15, 0.2) is 5.03 Å². The zero-order valence-electron chi connectivity index (χ0n) is 10.1. The summed E-state index contributed by atoms with van der Waals surface area (Å²) in [5.74, 6) is -0.163. The Kier molecular flexibility index (Phi) is 3.06. The predicted molar refractivity (Wildman–Crippen MR) is 70.7 cm³/mol. The number of fused-ring (bicyclic) bond motifs is 1. The van der Waals surface area contributed by atoms with Gasteiger partial charge in [-0.1, -0.05) is 11.6 Å². The average Bonchev–Trinajstić information content (AvgIpc) is 2.89. The van der Waals surface area contributed by atoms with Crippen LogP contribution in [-0.2, 0) is 28.6 Å². The molecule has 0 unspecified atom stereocenters. The molecule has 2 aromatic heterocycles. The number of aromatic nitrogens is 3. The molecule has 0 bridgehead atoms. The van der Waals surface area contributed by atoms with Crippen molar-refractivity contribution in [2.45, 2.75) is 30.2 Å².